The van der Waals surface area contributed by atoms with Crippen LogP contribution in [0.4, 0.5) is 24.8 Å². The van der Waals surface area contributed by atoms with Crippen LogP contribution < -0.4 is 10.6 Å². The Morgan fingerprint density at radius 2 is 1.97 bits per heavy atom. The van der Waals surface area contributed by atoms with Gasteiger partial charge >= 0.3 is 6.18 Å². The zero-order valence-corrected chi connectivity index (χ0v) is 18.9. The number of pyridine rings is 2. The van der Waals surface area contributed by atoms with Crippen LogP contribution in [0.3, 0.4) is 0 Å². The van der Waals surface area contributed by atoms with Crippen molar-refractivity contribution in [1.82, 2.24) is 25.0 Å². The van der Waals surface area contributed by atoms with E-state index < -0.39 is 11.9 Å². The molecule has 1 saturated heterocycles. The number of hydrogen-bond acceptors (Lipinski definition) is 7. The first-order chi connectivity index (χ1) is 16.8. The highest BCUT2D eigenvalue weighted by atomic mass is 19.4. The number of ketones is 1. The van der Waals surface area contributed by atoms with Crippen LogP contribution in [0.2, 0.25) is 0 Å². The number of Topliss-reactive ketones (excluding diaryl/α,β-unsaturated/α-hetero) is 1. The Morgan fingerprint density at radius 1 is 1.17 bits per heavy atom. The maximum atomic E-state index is 13.8. The van der Waals surface area contributed by atoms with Crippen LogP contribution in [0.1, 0.15) is 58.1 Å². The standard InChI is InChI=1S/C24H24F3N7O/c25-24(26,27)22-14(2-4-21(30-22)33-9-15-7-16(15)10-33)11-34-12-19(31-32-34)20(35)8-13-1-3-18-17(13)5-6-29-23(18)28/h2,4-6,12-13,15-16H,1,3,7-11H2,(H2,28,29)/t13-,15?,16?/m0/s1. The minimum Gasteiger partial charge on any atom is -0.383 e. The third kappa shape index (κ3) is 4.12. The van der Waals surface area contributed by atoms with E-state index in [0.29, 0.717) is 23.5 Å². The Morgan fingerprint density at radius 3 is 2.74 bits per heavy atom. The summed E-state index contributed by atoms with van der Waals surface area (Å²) in [6, 6.07) is 4.97. The molecule has 182 valence electrons. The molecule has 3 atom stereocenters. The van der Waals surface area contributed by atoms with Gasteiger partial charge in [-0.1, -0.05) is 11.3 Å². The molecule has 8 nitrogen and oxygen atoms in total. The highest BCUT2D eigenvalue weighted by molar-refractivity contribution is 5.94. The highest BCUT2D eigenvalue weighted by Crippen LogP contribution is 2.46. The molecule has 6 rings (SSSR count). The van der Waals surface area contributed by atoms with Crippen molar-refractivity contribution >= 4 is 17.4 Å². The fraction of sp³-hybridized carbons (Fsp3) is 0.458. The van der Waals surface area contributed by atoms with Gasteiger partial charge < -0.3 is 10.6 Å². The number of nitrogens with two attached hydrogens (primary N) is 1. The largest absolute Gasteiger partial charge is 0.433 e. The van der Waals surface area contributed by atoms with E-state index in [2.05, 4.69) is 20.3 Å². The Hall–Kier alpha value is -3.50. The summed E-state index contributed by atoms with van der Waals surface area (Å²) in [5, 5.41) is 7.84. The molecular formula is C24H24F3N7O. The smallest absolute Gasteiger partial charge is 0.383 e. The van der Waals surface area contributed by atoms with Crippen molar-refractivity contribution < 1.29 is 18.0 Å². The molecule has 0 spiro atoms. The normalized spacial score (nSPS) is 22.8. The van der Waals surface area contributed by atoms with Crippen LogP contribution in [0.15, 0.2) is 30.6 Å². The lowest BCUT2D eigenvalue weighted by Gasteiger charge is -2.21. The van der Waals surface area contributed by atoms with Crippen molar-refractivity contribution in [2.75, 3.05) is 23.7 Å². The summed E-state index contributed by atoms with van der Waals surface area (Å²) < 4.78 is 42.7. The highest BCUT2D eigenvalue weighted by Gasteiger charge is 2.46. The van der Waals surface area contributed by atoms with Gasteiger partial charge in [0, 0.05) is 31.3 Å². The average Bonchev–Trinajstić information content (AvgIpc) is 3.18. The predicted molar refractivity (Wildman–Crippen MR) is 121 cm³/mol. The number of hydrogen-bond donors (Lipinski definition) is 1. The summed E-state index contributed by atoms with van der Waals surface area (Å²) in [7, 11) is 0. The van der Waals surface area contributed by atoms with Gasteiger partial charge in [0.05, 0.1) is 12.7 Å². The van der Waals surface area contributed by atoms with Gasteiger partial charge in [0.15, 0.2) is 11.5 Å². The lowest BCUT2D eigenvalue weighted by atomic mass is 9.95. The first kappa shape index (κ1) is 22.0. The van der Waals surface area contributed by atoms with Gasteiger partial charge in [-0.15, -0.1) is 5.10 Å². The fourth-order valence-corrected chi connectivity index (χ4v) is 5.48. The summed E-state index contributed by atoms with van der Waals surface area (Å²) >= 11 is 0. The lowest BCUT2D eigenvalue weighted by Crippen LogP contribution is -2.25. The number of alkyl halides is 3. The number of fused-ring (bicyclic) bond motifs is 2. The maximum absolute atomic E-state index is 13.8. The molecule has 4 heterocycles. The number of nitrogens with zero attached hydrogens (tertiary/aromatic N) is 6. The van der Waals surface area contributed by atoms with Crippen molar-refractivity contribution in [1.29, 1.82) is 0 Å². The van der Waals surface area contributed by atoms with Crippen LogP contribution >= 0.6 is 0 Å². The van der Waals surface area contributed by atoms with Gasteiger partial charge in [0.25, 0.3) is 0 Å². The van der Waals surface area contributed by atoms with E-state index in [1.54, 1.807) is 12.3 Å². The molecule has 2 fully saturated rings. The maximum Gasteiger partial charge on any atom is 0.433 e. The second kappa shape index (κ2) is 8.03. The first-order valence-corrected chi connectivity index (χ1v) is 11.7. The van der Waals surface area contributed by atoms with Gasteiger partial charge in [-0.3, -0.25) is 4.79 Å². The van der Waals surface area contributed by atoms with Crippen LogP contribution in [0, 0.1) is 11.8 Å². The molecule has 1 aliphatic heterocycles. The van der Waals surface area contributed by atoms with E-state index in [1.165, 1.54) is 16.9 Å². The third-order valence-electron chi connectivity index (χ3n) is 7.43. The molecule has 2 unspecified atom stereocenters. The Balaban J connectivity index is 1.18. The zero-order chi connectivity index (χ0) is 24.3. The SMILES string of the molecule is Nc1nccc2c1CC[C@H]2CC(=O)c1cn(Cc2ccc(N3CC4CC4C3)nc2C(F)(F)F)nn1. The first-order valence-electron chi connectivity index (χ1n) is 11.7. The molecule has 0 radical (unpaired) electrons. The Bertz CT molecular complexity index is 1290. The van der Waals surface area contributed by atoms with E-state index in [9.17, 15) is 18.0 Å². The molecular weight excluding hydrogens is 459 g/mol. The number of carbonyl (C=O) groups excluding carboxylic acids is 1. The Labute approximate surface area is 199 Å². The minimum atomic E-state index is -4.60. The zero-order valence-electron chi connectivity index (χ0n) is 18.9. The second-order valence-electron chi connectivity index (χ2n) is 9.76. The average molecular weight is 483 g/mol. The number of rotatable bonds is 6. The number of piperidine rings is 1. The number of nitrogen functional groups attached to an aromatic ring is 1. The molecule has 11 heteroatoms. The van der Waals surface area contributed by atoms with E-state index in [0.717, 1.165) is 43.5 Å². The fourth-order valence-electron chi connectivity index (χ4n) is 5.48. The summed E-state index contributed by atoms with van der Waals surface area (Å²) in [6.07, 6.45) is 1.39. The monoisotopic (exact) mass is 483 g/mol. The minimum absolute atomic E-state index is 0.0119. The molecule has 0 aromatic carbocycles. The number of anilines is 2. The Kier molecular flexibility index (Phi) is 5.05. The molecule has 1 saturated carbocycles. The van der Waals surface area contributed by atoms with Gasteiger partial charge in [0.2, 0.25) is 0 Å². The number of halogens is 3. The van der Waals surface area contributed by atoms with Crippen molar-refractivity contribution in [2.45, 2.75) is 44.3 Å². The molecule has 3 aromatic heterocycles. The summed E-state index contributed by atoms with van der Waals surface area (Å²) in [4.78, 5) is 22.8. The van der Waals surface area contributed by atoms with Crippen molar-refractivity contribution in [3.05, 3.63) is 58.7 Å². The topological polar surface area (TPSA) is 103 Å². The lowest BCUT2D eigenvalue weighted by molar-refractivity contribution is -0.141. The molecule has 2 aliphatic carbocycles. The van der Waals surface area contributed by atoms with Crippen molar-refractivity contribution in [3.63, 3.8) is 0 Å². The number of aromatic nitrogens is 5. The van der Waals surface area contributed by atoms with E-state index in [1.807, 2.05) is 11.0 Å². The van der Waals surface area contributed by atoms with Gasteiger partial charge in [-0.05, 0) is 60.3 Å². The van der Waals surface area contributed by atoms with Gasteiger partial charge in [-0.25, -0.2) is 14.6 Å². The number of carbonyl (C=O) groups is 1. The van der Waals surface area contributed by atoms with Gasteiger partial charge in [0.1, 0.15) is 17.3 Å². The summed E-state index contributed by atoms with van der Waals surface area (Å²) in [5.74, 6) is 1.83. The van der Waals surface area contributed by atoms with E-state index in [4.69, 9.17) is 5.73 Å². The summed E-state index contributed by atoms with van der Waals surface area (Å²) in [6.45, 7) is 1.34. The van der Waals surface area contributed by atoms with E-state index in [-0.39, 0.29) is 35.9 Å². The van der Waals surface area contributed by atoms with Crippen LogP contribution in [-0.2, 0) is 19.1 Å². The quantitative estimate of drug-likeness (QED) is 0.536. The molecule has 2 N–H and O–H groups in total. The van der Waals surface area contributed by atoms with E-state index >= 15 is 0 Å². The van der Waals surface area contributed by atoms with Crippen LogP contribution in [0.25, 0.3) is 0 Å². The molecule has 0 bridgehead atoms. The van der Waals surface area contributed by atoms with Crippen molar-refractivity contribution in [2.24, 2.45) is 11.8 Å². The molecule has 3 aliphatic rings. The van der Waals surface area contributed by atoms with Crippen molar-refractivity contribution in [3.8, 4) is 0 Å². The second-order valence-corrected chi connectivity index (χ2v) is 9.76. The molecule has 35 heavy (non-hydrogen) atoms. The molecule has 0 amide bonds. The predicted octanol–water partition coefficient (Wildman–Crippen LogP) is 3.48. The third-order valence-corrected chi connectivity index (χ3v) is 7.43. The van der Waals surface area contributed by atoms with Crippen LogP contribution in [0.5, 0.6) is 0 Å². The van der Waals surface area contributed by atoms with Gasteiger partial charge in [-0.2, -0.15) is 13.2 Å². The molecule has 3 aromatic rings. The summed E-state index contributed by atoms with van der Waals surface area (Å²) in [5.41, 5.74) is 7.14. The van der Waals surface area contributed by atoms with Crippen LogP contribution in [-0.4, -0.2) is 43.8 Å².